The molecule has 0 aliphatic carbocycles. The highest BCUT2D eigenvalue weighted by atomic mass is 16.5. The molecule has 0 heterocycles. The smallest absolute Gasteiger partial charge is 0.303 e. The summed E-state index contributed by atoms with van der Waals surface area (Å²) < 4.78 is 5.44. The van der Waals surface area contributed by atoms with Crippen LogP contribution in [0.4, 0.5) is 0 Å². The molecule has 0 aliphatic heterocycles. The van der Waals surface area contributed by atoms with Gasteiger partial charge in [-0.05, 0) is 24.1 Å². The first-order valence-electron chi connectivity index (χ1n) is 7.01. The van der Waals surface area contributed by atoms with Gasteiger partial charge in [0.05, 0.1) is 6.61 Å². The molecule has 2 N–H and O–H groups in total. The summed E-state index contributed by atoms with van der Waals surface area (Å²) in [4.78, 5) is 22.1. The third-order valence-electron chi connectivity index (χ3n) is 2.86. The van der Waals surface area contributed by atoms with Gasteiger partial charge in [0, 0.05) is 18.4 Å². The SMILES string of the molecule is CC(C)(C)C(=O)NCc1ccc(OCCCC(=O)O)cc1. The van der Waals surface area contributed by atoms with E-state index in [-0.39, 0.29) is 12.3 Å². The molecule has 0 atom stereocenters. The van der Waals surface area contributed by atoms with Crippen LogP contribution in [0.1, 0.15) is 39.2 Å². The summed E-state index contributed by atoms with van der Waals surface area (Å²) in [7, 11) is 0. The highest BCUT2D eigenvalue weighted by Crippen LogP contribution is 2.15. The maximum atomic E-state index is 11.8. The van der Waals surface area contributed by atoms with Gasteiger partial charge in [0.1, 0.15) is 5.75 Å². The first-order valence-corrected chi connectivity index (χ1v) is 7.01. The molecule has 0 spiro atoms. The molecule has 0 aliphatic rings. The second kappa shape index (κ2) is 7.67. The Morgan fingerprint density at radius 3 is 2.33 bits per heavy atom. The van der Waals surface area contributed by atoms with Crippen LogP contribution in [0, 0.1) is 5.41 Å². The summed E-state index contributed by atoms with van der Waals surface area (Å²) in [6.45, 7) is 6.48. The Kier molecular flexibility index (Phi) is 6.21. The van der Waals surface area contributed by atoms with Gasteiger partial charge in [0.2, 0.25) is 5.91 Å². The number of carbonyl (C=O) groups excluding carboxylic acids is 1. The van der Waals surface area contributed by atoms with Gasteiger partial charge < -0.3 is 15.2 Å². The second-order valence-electron chi connectivity index (χ2n) is 5.92. The van der Waals surface area contributed by atoms with Crippen molar-refractivity contribution >= 4 is 11.9 Å². The van der Waals surface area contributed by atoms with E-state index >= 15 is 0 Å². The number of nitrogens with one attached hydrogen (secondary N) is 1. The first-order chi connectivity index (χ1) is 9.79. The van der Waals surface area contributed by atoms with Crippen LogP contribution >= 0.6 is 0 Å². The Morgan fingerprint density at radius 1 is 1.19 bits per heavy atom. The van der Waals surface area contributed by atoms with E-state index in [1.54, 1.807) is 0 Å². The molecule has 21 heavy (non-hydrogen) atoms. The standard InChI is InChI=1S/C16H23NO4/c1-16(2,3)15(20)17-11-12-6-8-13(9-7-12)21-10-4-5-14(18)19/h6-9H,4-5,10-11H2,1-3H3,(H,17,20)(H,18,19). The van der Waals surface area contributed by atoms with Crippen LogP contribution in [-0.2, 0) is 16.1 Å². The summed E-state index contributed by atoms with van der Waals surface area (Å²) in [5, 5.41) is 11.4. The molecule has 1 aromatic carbocycles. The lowest BCUT2D eigenvalue weighted by Gasteiger charge is -2.17. The molecule has 1 aromatic rings. The maximum Gasteiger partial charge on any atom is 0.303 e. The van der Waals surface area contributed by atoms with E-state index < -0.39 is 11.4 Å². The normalized spacial score (nSPS) is 11.0. The topological polar surface area (TPSA) is 75.6 Å². The molecule has 5 nitrogen and oxygen atoms in total. The lowest BCUT2D eigenvalue weighted by molar-refractivity contribution is -0.137. The lowest BCUT2D eigenvalue weighted by Crippen LogP contribution is -2.34. The summed E-state index contributed by atoms with van der Waals surface area (Å²) in [5.41, 5.74) is 0.596. The van der Waals surface area contributed by atoms with Gasteiger partial charge in [-0.25, -0.2) is 0 Å². The first kappa shape index (κ1) is 17.0. The van der Waals surface area contributed by atoms with Crippen LogP contribution in [-0.4, -0.2) is 23.6 Å². The summed E-state index contributed by atoms with van der Waals surface area (Å²) in [6, 6.07) is 7.41. The largest absolute Gasteiger partial charge is 0.494 e. The summed E-state index contributed by atoms with van der Waals surface area (Å²) >= 11 is 0. The predicted molar refractivity (Wildman–Crippen MR) is 80.1 cm³/mol. The highest BCUT2D eigenvalue weighted by Gasteiger charge is 2.20. The number of carboxylic acid groups (broad SMARTS) is 1. The van der Waals surface area contributed by atoms with Crippen molar-refractivity contribution in [3.05, 3.63) is 29.8 Å². The van der Waals surface area contributed by atoms with Crippen molar-refractivity contribution in [2.24, 2.45) is 5.41 Å². The van der Waals surface area contributed by atoms with Crippen molar-refractivity contribution in [3.63, 3.8) is 0 Å². The van der Waals surface area contributed by atoms with Crippen LogP contribution in [0.5, 0.6) is 5.75 Å². The fraction of sp³-hybridized carbons (Fsp3) is 0.500. The Bertz CT molecular complexity index is 474. The van der Waals surface area contributed by atoms with Gasteiger partial charge in [-0.1, -0.05) is 32.9 Å². The minimum absolute atomic E-state index is 0.0106. The Balaban J connectivity index is 2.37. The van der Waals surface area contributed by atoms with Crippen LogP contribution in [0.15, 0.2) is 24.3 Å². The lowest BCUT2D eigenvalue weighted by atomic mass is 9.95. The number of carboxylic acids is 1. The number of hydrogen-bond acceptors (Lipinski definition) is 3. The highest BCUT2D eigenvalue weighted by molar-refractivity contribution is 5.81. The van der Waals surface area contributed by atoms with Crippen molar-refractivity contribution in [2.45, 2.75) is 40.2 Å². The van der Waals surface area contributed by atoms with Gasteiger partial charge in [0.15, 0.2) is 0 Å². The Labute approximate surface area is 125 Å². The van der Waals surface area contributed by atoms with Crippen LogP contribution in [0.25, 0.3) is 0 Å². The number of ether oxygens (including phenoxy) is 1. The molecule has 0 unspecified atom stereocenters. The number of carbonyl (C=O) groups is 2. The molecular formula is C16H23NO4. The van der Waals surface area contributed by atoms with E-state index in [1.165, 1.54) is 0 Å². The minimum atomic E-state index is -0.816. The number of benzene rings is 1. The van der Waals surface area contributed by atoms with Crippen molar-refractivity contribution in [1.29, 1.82) is 0 Å². The molecule has 0 bridgehead atoms. The van der Waals surface area contributed by atoms with Crippen molar-refractivity contribution < 1.29 is 19.4 Å². The molecule has 1 amide bonds. The van der Waals surface area contributed by atoms with Crippen molar-refractivity contribution in [3.8, 4) is 5.75 Å². The molecule has 5 heteroatoms. The third-order valence-corrected chi connectivity index (χ3v) is 2.86. The van der Waals surface area contributed by atoms with Gasteiger partial charge in [0.25, 0.3) is 0 Å². The zero-order valence-corrected chi connectivity index (χ0v) is 12.8. The predicted octanol–water partition coefficient (Wildman–Crippen LogP) is 2.59. The average molecular weight is 293 g/mol. The van der Waals surface area contributed by atoms with E-state index in [0.717, 1.165) is 5.56 Å². The van der Waals surface area contributed by atoms with E-state index in [2.05, 4.69) is 5.32 Å². The maximum absolute atomic E-state index is 11.8. The fourth-order valence-electron chi connectivity index (χ4n) is 1.56. The van der Waals surface area contributed by atoms with Gasteiger partial charge in [-0.15, -0.1) is 0 Å². The van der Waals surface area contributed by atoms with Gasteiger partial charge in [-0.3, -0.25) is 9.59 Å². The zero-order valence-electron chi connectivity index (χ0n) is 12.8. The molecule has 0 fully saturated rings. The zero-order chi connectivity index (χ0) is 15.9. The van der Waals surface area contributed by atoms with Crippen LogP contribution < -0.4 is 10.1 Å². The number of aliphatic carboxylic acids is 1. The molecule has 0 aromatic heterocycles. The summed E-state index contributed by atoms with van der Waals surface area (Å²) in [6.07, 6.45) is 0.593. The fourth-order valence-corrected chi connectivity index (χ4v) is 1.56. The number of hydrogen-bond donors (Lipinski definition) is 2. The van der Waals surface area contributed by atoms with E-state index in [4.69, 9.17) is 9.84 Å². The third kappa shape index (κ3) is 6.79. The van der Waals surface area contributed by atoms with Crippen molar-refractivity contribution in [2.75, 3.05) is 6.61 Å². The molecular weight excluding hydrogens is 270 g/mol. The second-order valence-corrected chi connectivity index (χ2v) is 5.92. The molecule has 0 radical (unpaired) electrons. The monoisotopic (exact) mass is 293 g/mol. The molecule has 1 rings (SSSR count). The summed E-state index contributed by atoms with van der Waals surface area (Å²) in [5.74, 6) is -0.105. The van der Waals surface area contributed by atoms with Gasteiger partial charge >= 0.3 is 5.97 Å². The van der Waals surface area contributed by atoms with E-state index in [0.29, 0.717) is 25.3 Å². The molecule has 0 saturated carbocycles. The van der Waals surface area contributed by atoms with E-state index in [9.17, 15) is 9.59 Å². The molecule has 0 saturated heterocycles. The van der Waals surface area contributed by atoms with Crippen molar-refractivity contribution in [1.82, 2.24) is 5.32 Å². The van der Waals surface area contributed by atoms with Crippen LogP contribution in [0.3, 0.4) is 0 Å². The molecule has 116 valence electrons. The Morgan fingerprint density at radius 2 is 1.81 bits per heavy atom. The Hall–Kier alpha value is -2.04. The van der Waals surface area contributed by atoms with E-state index in [1.807, 2.05) is 45.0 Å². The average Bonchev–Trinajstić information content (AvgIpc) is 2.41. The number of rotatable bonds is 7. The van der Waals surface area contributed by atoms with Gasteiger partial charge in [-0.2, -0.15) is 0 Å². The van der Waals surface area contributed by atoms with Crippen LogP contribution in [0.2, 0.25) is 0 Å². The minimum Gasteiger partial charge on any atom is -0.494 e. The number of amides is 1. The quantitative estimate of drug-likeness (QED) is 0.758.